The van der Waals surface area contributed by atoms with Gasteiger partial charge in [-0.3, -0.25) is 9.59 Å². The number of nitrogens with zero attached hydrogens (tertiary/aromatic N) is 3. The van der Waals surface area contributed by atoms with Crippen LogP contribution in [0.5, 0.6) is 0 Å². The Morgan fingerprint density at radius 2 is 1.92 bits per heavy atom. The molecule has 2 heterocycles. The van der Waals surface area contributed by atoms with Gasteiger partial charge in [-0.2, -0.15) is 0 Å². The second kappa shape index (κ2) is 7.68. The molecular weight excluding hydrogens is 330 g/mol. The normalized spacial score (nSPS) is 14.2. The van der Waals surface area contributed by atoms with E-state index in [9.17, 15) is 9.59 Å². The first kappa shape index (κ1) is 18.1. The molecule has 1 aromatic heterocycles. The lowest BCUT2D eigenvalue weighted by molar-refractivity contribution is -0.124. The van der Waals surface area contributed by atoms with Crippen LogP contribution in [0.25, 0.3) is 0 Å². The maximum atomic E-state index is 12.6. The molecule has 1 aromatic carbocycles. The zero-order chi connectivity index (χ0) is 18.7. The van der Waals surface area contributed by atoms with E-state index in [0.29, 0.717) is 12.1 Å². The molecule has 2 aromatic rings. The zero-order valence-electron chi connectivity index (χ0n) is 15.5. The molecule has 1 aliphatic heterocycles. The van der Waals surface area contributed by atoms with Gasteiger partial charge in [0, 0.05) is 18.5 Å². The highest BCUT2D eigenvalue weighted by Crippen LogP contribution is 2.14. The van der Waals surface area contributed by atoms with Crippen LogP contribution >= 0.6 is 0 Å². The number of rotatable bonds is 6. The largest absolute Gasteiger partial charge is 0.347 e. The van der Waals surface area contributed by atoms with Crippen LogP contribution in [0.15, 0.2) is 24.3 Å². The summed E-state index contributed by atoms with van der Waals surface area (Å²) >= 11 is 0. The minimum atomic E-state index is -0.607. The molecule has 0 radical (unpaired) electrons. The van der Waals surface area contributed by atoms with Crippen molar-refractivity contribution >= 4 is 11.8 Å². The van der Waals surface area contributed by atoms with Gasteiger partial charge in [0.25, 0.3) is 5.91 Å². The van der Waals surface area contributed by atoms with Crippen molar-refractivity contribution in [3.8, 4) is 0 Å². The Hall–Kier alpha value is -2.70. The molecule has 0 bridgehead atoms. The fourth-order valence-electron chi connectivity index (χ4n) is 3.08. The van der Waals surface area contributed by atoms with E-state index >= 15 is 0 Å². The smallest absolute Gasteiger partial charge is 0.251 e. The third-order valence-corrected chi connectivity index (χ3v) is 4.66. The predicted octanol–water partition coefficient (Wildman–Crippen LogP) is 1.60. The third kappa shape index (κ3) is 3.92. The number of aromatic nitrogens is 3. The summed E-state index contributed by atoms with van der Waals surface area (Å²) in [6.07, 6.45) is 2.00. The summed E-state index contributed by atoms with van der Waals surface area (Å²) in [6, 6.07) is 6.68. The van der Waals surface area contributed by atoms with E-state index in [-0.39, 0.29) is 17.7 Å². The van der Waals surface area contributed by atoms with Crippen LogP contribution in [0.4, 0.5) is 0 Å². The summed E-state index contributed by atoms with van der Waals surface area (Å²) < 4.78 is 2.05. The Morgan fingerprint density at radius 3 is 2.62 bits per heavy atom. The fourth-order valence-corrected chi connectivity index (χ4v) is 3.08. The van der Waals surface area contributed by atoms with Crippen LogP contribution in [0, 0.1) is 12.8 Å². The Bertz CT molecular complexity index is 795. The number of carbonyl (C=O) groups is 2. The van der Waals surface area contributed by atoms with E-state index in [2.05, 4.69) is 25.4 Å². The van der Waals surface area contributed by atoms with Gasteiger partial charge < -0.3 is 15.2 Å². The van der Waals surface area contributed by atoms with Crippen molar-refractivity contribution in [1.29, 1.82) is 0 Å². The molecule has 1 aliphatic rings. The Kier molecular flexibility index (Phi) is 5.35. The third-order valence-electron chi connectivity index (χ3n) is 4.66. The van der Waals surface area contributed by atoms with Gasteiger partial charge in [-0.1, -0.05) is 31.5 Å². The van der Waals surface area contributed by atoms with Crippen LogP contribution < -0.4 is 10.6 Å². The van der Waals surface area contributed by atoms with E-state index in [4.69, 9.17) is 0 Å². The molecule has 0 fully saturated rings. The monoisotopic (exact) mass is 355 g/mol. The van der Waals surface area contributed by atoms with Gasteiger partial charge >= 0.3 is 0 Å². The molecular formula is C19H25N5O2. The minimum Gasteiger partial charge on any atom is -0.347 e. The highest BCUT2D eigenvalue weighted by atomic mass is 16.2. The van der Waals surface area contributed by atoms with Gasteiger partial charge in [0.1, 0.15) is 11.9 Å². The molecule has 0 unspecified atom stereocenters. The first-order valence-electron chi connectivity index (χ1n) is 9.02. The molecule has 3 rings (SSSR count). The van der Waals surface area contributed by atoms with E-state index in [1.807, 2.05) is 32.9 Å². The SMILES string of the molecule is Cc1ccc(C(=O)N[C@@H](C(=O)NCc2nnc3n2CCC3)C(C)C)cc1. The standard InChI is InChI=1S/C19H25N5O2/c1-12(2)17(21-18(25)14-8-6-13(3)7-9-14)19(26)20-11-16-23-22-15-5-4-10-24(15)16/h6-9,12,17H,4-5,10-11H2,1-3H3,(H,20,26)(H,21,25)/t17-/m1/s1. The van der Waals surface area contributed by atoms with Crippen molar-refractivity contribution in [2.45, 2.75) is 52.7 Å². The molecule has 2 N–H and O–H groups in total. The van der Waals surface area contributed by atoms with Gasteiger partial charge in [0.05, 0.1) is 6.54 Å². The van der Waals surface area contributed by atoms with Crippen molar-refractivity contribution in [1.82, 2.24) is 25.4 Å². The summed E-state index contributed by atoms with van der Waals surface area (Å²) in [5.74, 6) is 1.24. The summed E-state index contributed by atoms with van der Waals surface area (Å²) in [6.45, 7) is 7.00. The van der Waals surface area contributed by atoms with Gasteiger partial charge in [-0.25, -0.2) is 0 Å². The summed E-state index contributed by atoms with van der Waals surface area (Å²) in [5, 5.41) is 14.0. The Balaban J connectivity index is 1.62. The second-order valence-electron chi connectivity index (χ2n) is 7.07. The molecule has 0 saturated carbocycles. The number of amides is 2. The number of hydrogen-bond acceptors (Lipinski definition) is 4. The lowest BCUT2D eigenvalue weighted by atomic mass is 10.0. The number of hydrogen-bond donors (Lipinski definition) is 2. The molecule has 138 valence electrons. The number of fused-ring (bicyclic) bond motifs is 1. The summed E-state index contributed by atoms with van der Waals surface area (Å²) in [7, 11) is 0. The average Bonchev–Trinajstić information content (AvgIpc) is 3.21. The molecule has 7 nitrogen and oxygen atoms in total. The van der Waals surface area contributed by atoms with Gasteiger partial charge in [0.15, 0.2) is 5.82 Å². The highest BCUT2D eigenvalue weighted by Gasteiger charge is 2.25. The molecule has 0 saturated heterocycles. The van der Waals surface area contributed by atoms with E-state index in [1.165, 1.54) is 0 Å². The average molecular weight is 355 g/mol. The highest BCUT2D eigenvalue weighted by molar-refractivity contribution is 5.97. The van der Waals surface area contributed by atoms with Crippen LogP contribution in [0.1, 0.15) is 47.8 Å². The summed E-state index contributed by atoms with van der Waals surface area (Å²) in [4.78, 5) is 25.1. The second-order valence-corrected chi connectivity index (χ2v) is 7.07. The van der Waals surface area contributed by atoms with E-state index in [1.54, 1.807) is 12.1 Å². The quantitative estimate of drug-likeness (QED) is 0.824. The van der Waals surface area contributed by atoms with Crippen molar-refractivity contribution in [3.05, 3.63) is 47.0 Å². The van der Waals surface area contributed by atoms with Gasteiger partial charge in [-0.15, -0.1) is 10.2 Å². The fraction of sp³-hybridized carbons (Fsp3) is 0.474. The maximum Gasteiger partial charge on any atom is 0.251 e. The Labute approximate surface area is 153 Å². The Morgan fingerprint density at radius 1 is 1.19 bits per heavy atom. The molecule has 0 aliphatic carbocycles. The van der Waals surface area contributed by atoms with Crippen LogP contribution in [0.2, 0.25) is 0 Å². The van der Waals surface area contributed by atoms with Gasteiger partial charge in [0.2, 0.25) is 5.91 Å². The van der Waals surface area contributed by atoms with Crippen LogP contribution in [-0.2, 0) is 24.3 Å². The van der Waals surface area contributed by atoms with Crippen molar-refractivity contribution in [3.63, 3.8) is 0 Å². The van der Waals surface area contributed by atoms with Crippen molar-refractivity contribution in [2.75, 3.05) is 0 Å². The van der Waals surface area contributed by atoms with Crippen molar-refractivity contribution < 1.29 is 9.59 Å². The topological polar surface area (TPSA) is 88.9 Å². The number of benzene rings is 1. The van der Waals surface area contributed by atoms with Gasteiger partial charge in [-0.05, 0) is 31.4 Å². The molecule has 1 atom stereocenters. The van der Waals surface area contributed by atoms with Crippen LogP contribution in [0.3, 0.4) is 0 Å². The first-order valence-corrected chi connectivity index (χ1v) is 9.02. The molecule has 7 heteroatoms. The lowest BCUT2D eigenvalue weighted by Crippen LogP contribution is -2.49. The number of nitrogens with one attached hydrogen (secondary N) is 2. The van der Waals surface area contributed by atoms with E-state index in [0.717, 1.165) is 36.6 Å². The maximum absolute atomic E-state index is 12.6. The van der Waals surface area contributed by atoms with Crippen LogP contribution in [-0.4, -0.2) is 32.6 Å². The van der Waals surface area contributed by atoms with Crippen molar-refractivity contribution in [2.24, 2.45) is 5.92 Å². The lowest BCUT2D eigenvalue weighted by Gasteiger charge is -2.21. The van der Waals surface area contributed by atoms with E-state index < -0.39 is 6.04 Å². The zero-order valence-corrected chi connectivity index (χ0v) is 15.5. The number of aryl methyl sites for hydroxylation is 2. The summed E-state index contributed by atoms with van der Waals surface area (Å²) in [5.41, 5.74) is 1.63. The number of carbonyl (C=O) groups excluding carboxylic acids is 2. The molecule has 26 heavy (non-hydrogen) atoms. The first-order chi connectivity index (χ1) is 12.5. The molecule has 0 spiro atoms. The minimum absolute atomic E-state index is 0.0338. The predicted molar refractivity (Wildman–Crippen MR) is 97.5 cm³/mol. The molecule has 2 amide bonds.